The molecule has 2 aromatic heterocycles. The van der Waals surface area contributed by atoms with E-state index in [4.69, 9.17) is 9.15 Å². The van der Waals surface area contributed by atoms with Gasteiger partial charge in [-0.3, -0.25) is 19.6 Å². The van der Waals surface area contributed by atoms with Crippen LogP contribution >= 0.6 is 0 Å². The highest BCUT2D eigenvalue weighted by Crippen LogP contribution is 2.43. The summed E-state index contributed by atoms with van der Waals surface area (Å²) in [5.41, 5.74) is 6.09. The molecule has 0 saturated carbocycles. The Labute approximate surface area is 293 Å². The van der Waals surface area contributed by atoms with Crippen LogP contribution in [0.2, 0.25) is 0 Å². The molecule has 3 aromatic carbocycles. The number of methoxy groups -OCH3 is 1. The van der Waals surface area contributed by atoms with Crippen molar-refractivity contribution in [3.8, 4) is 34.5 Å². The third-order valence-electron chi connectivity index (χ3n) is 10.5. The fourth-order valence-electron chi connectivity index (χ4n) is 7.60. The number of aromatic amines is 1. The monoisotopic (exact) mass is 684 g/mol. The van der Waals surface area contributed by atoms with Crippen molar-refractivity contribution in [1.82, 2.24) is 29.8 Å². The van der Waals surface area contributed by atoms with Gasteiger partial charge in [-0.2, -0.15) is 15.0 Å². The van der Waals surface area contributed by atoms with Gasteiger partial charge in [0.2, 0.25) is 17.7 Å². The van der Waals surface area contributed by atoms with Crippen LogP contribution in [0.15, 0.2) is 76.0 Å². The summed E-state index contributed by atoms with van der Waals surface area (Å²) in [7, 11) is 3.08. The molecule has 1 atom stereocenters. The summed E-state index contributed by atoms with van der Waals surface area (Å²) < 4.78 is 11.8. The molecule has 0 aliphatic carbocycles. The number of ether oxygens (including phenoxy) is 1. The molecular weight excluding hydrogens is 648 g/mol. The van der Waals surface area contributed by atoms with E-state index >= 15 is 0 Å². The van der Waals surface area contributed by atoms with E-state index in [0.717, 1.165) is 58.2 Å². The van der Waals surface area contributed by atoms with Gasteiger partial charge in [0.15, 0.2) is 0 Å². The maximum Gasteiger partial charge on any atom is 0.437 e. The molecule has 2 fully saturated rings. The Morgan fingerprint density at radius 3 is 2.53 bits per heavy atom. The smallest absolute Gasteiger partial charge is 0.437 e. The van der Waals surface area contributed by atoms with Gasteiger partial charge in [-0.1, -0.05) is 24.3 Å². The van der Waals surface area contributed by atoms with Crippen LogP contribution in [0.1, 0.15) is 30.4 Å². The van der Waals surface area contributed by atoms with Gasteiger partial charge >= 0.3 is 5.76 Å². The number of rotatable bonds is 7. The first-order valence-electron chi connectivity index (χ1n) is 17.0. The average molecular weight is 685 g/mol. The normalized spacial score (nSPS) is 19.2. The standard InChI is InChI=1S/C38H36N8O5/c1-43-37(49)51-35(42-43)26-5-3-24(4-6-26)25-11-15-45(16-12-25)33(47)22-44-17-13-38(23-44)14-18-46(36(38)48)29-9-10-31-30(20-29)34(41-40-31)27-7-8-28(21-39)32(19-27)50-2/h3-11,19-20H,12-18,22-23H2,1-2H3,(H,40,41). The van der Waals surface area contributed by atoms with Crippen molar-refractivity contribution in [3.63, 3.8) is 0 Å². The molecule has 5 heterocycles. The molecule has 0 bridgehead atoms. The summed E-state index contributed by atoms with van der Waals surface area (Å²) in [5.74, 6) is 0.432. The molecule has 13 nitrogen and oxygen atoms in total. The van der Waals surface area contributed by atoms with Gasteiger partial charge < -0.3 is 19.0 Å². The van der Waals surface area contributed by atoms with Crippen LogP contribution in [0.5, 0.6) is 5.75 Å². The van der Waals surface area contributed by atoms with Crippen LogP contribution in [-0.2, 0) is 16.6 Å². The Kier molecular flexibility index (Phi) is 8.03. The third kappa shape index (κ3) is 5.77. The van der Waals surface area contributed by atoms with E-state index in [1.165, 1.54) is 17.4 Å². The van der Waals surface area contributed by atoms with Gasteiger partial charge in [0, 0.05) is 55.4 Å². The lowest BCUT2D eigenvalue weighted by atomic mass is 9.85. The number of nitriles is 1. The lowest BCUT2D eigenvalue weighted by molar-refractivity contribution is -0.132. The summed E-state index contributed by atoms with van der Waals surface area (Å²) in [5, 5.41) is 22.0. The van der Waals surface area contributed by atoms with Crippen LogP contribution < -0.4 is 15.4 Å². The van der Waals surface area contributed by atoms with Crippen LogP contribution in [0.3, 0.4) is 0 Å². The fourth-order valence-corrected chi connectivity index (χ4v) is 7.60. The lowest BCUT2D eigenvalue weighted by Gasteiger charge is -2.29. The molecule has 3 aliphatic heterocycles. The fraction of sp³-hybridized carbons (Fsp3) is 0.316. The highest BCUT2D eigenvalue weighted by molar-refractivity contribution is 6.03. The third-order valence-corrected chi connectivity index (χ3v) is 10.5. The first-order valence-corrected chi connectivity index (χ1v) is 17.0. The number of anilines is 1. The summed E-state index contributed by atoms with van der Waals surface area (Å²) >= 11 is 0. The molecule has 8 rings (SSSR count). The number of nitrogens with one attached hydrogen (secondary N) is 1. The number of likely N-dealkylation sites (tertiary alicyclic amines) is 1. The summed E-state index contributed by atoms with van der Waals surface area (Å²) in [6.45, 7) is 3.33. The molecule has 13 heteroatoms. The molecule has 258 valence electrons. The molecule has 3 aliphatic rings. The van der Waals surface area contributed by atoms with E-state index in [1.807, 2.05) is 58.3 Å². The second kappa shape index (κ2) is 12.7. The predicted octanol–water partition coefficient (Wildman–Crippen LogP) is 4.21. The second-order valence-corrected chi connectivity index (χ2v) is 13.5. The van der Waals surface area contributed by atoms with Gasteiger partial charge in [-0.25, -0.2) is 4.79 Å². The molecule has 1 N–H and O–H groups in total. The van der Waals surface area contributed by atoms with E-state index in [9.17, 15) is 19.6 Å². The van der Waals surface area contributed by atoms with Gasteiger partial charge in [-0.15, -0.1) is 5.10 Å². The number of hydrogen-bond donors (Lipinski definition) is 1. The highest BCUT2D eigenvalue weighted by Gasteiger charge is 2.51. The minimum Gasteiger partial charge on any atom is -0.495 e. The van der Waals surface area contributed by atoms with Crippen molar-refractivity contribution in [1.29, 1.82) is 5.26 Å². The number of aryl methyl sites for hydroxylation is 1. The zero-order valence-electron chi connectivity index (χ0n) is 28.4. The number of amides is 2. The van der Waals surface area contributed by atoms with E-state index in [2.05, 4.69) is 32.3 Å². The maximum atomic E-state index is 14.0. The Morgan fingerprint density at radius 2 is 1.80 bits per heavy atom. The largest absolute Gasteiger partial charge is 0.495 e. The van der Waals surface area contributed by atoms with E-state index in [-0.39, 0.29) is 17.7 Å². The number of nitrogens with zero attached hydrogens (tertiary/aromatic N) is 7. The van der Waals surface area contributed by atoms with Crippen LogP contribution in [0, 0.1) is 16.7 Å². The molecule has 0 radical (unpaired) electrons. The number of fused-ring (bicyclic) bond motifs is 1. The lowest BCUT2D eigenvalue weighted by Crippen LogP contribution is -2.43. The molecule has 2 amide bonds. The number of carbonyl (C=O) groups is 2. The van der Waals surface area contributed by atoms with Gasteiger partial charge in [0.1, 0.15) is 17.5 Å². The predicted molar refractivity (Wildman–Crippen MR) is 190 cm³/mol. The van der Waals surface area contributed by atoms with Crippen molar-refractivity contribution >= 4 is 34.0 Å². The zero-order chi connectivity index (χ0) is 35.3. The first kappa shape index (κ1) is 32.2. The first-order chi connectivity index (χ1) is 24.7. The number of H-pyrrole nitrogens is 1. The van der Waals surface area contributed by atoms with Crippen molar-refractivity contribution in [3.05, 3.63) is 88.4 Å². The Hall–Kier alpha value is -6.00. The number of benzene rings is 3. The van der Waals surface area contributed by atoms with Gasteiger partial charge in [-0.05, 0) is 79.4 Å². The second-order valence-electron chi connectivity index (χ2n) is 13.5. The number of hydrogen-bond acceptors (Lipinski definition) is 9. The minimum absolute atomic E-state index is 0.0718. The highest BCUT2D eigenvalue weighted by atomic mass is 16.5. The summed E-state index contributed by atoms with van der Waals surface area (Å²) in [6, 6.07) is 21.1. The molecule has 2 saturated heterocycles. The number of aromatic nitrogens is 4. The van der Waals surface area contributed by atoms with Crippen molar-refractivity contribution in [2.75, 3.05) is 51.3 Å². The van der Waals surface area contributed by atoms with Gasteiger partial charge in [0.25, 0.3) is 0 Å². The molecule has 5 aromatic rings. The Bertz CT molecular complexity index is 2310. The van der Waals surface area contributed by atoms with Crippen LogP contribution in [-0.4, -0.2) is 88.0 Å². The van der Waals surface area contributed by atoms with Crippen molar-refractivity contribution in [2.45, 2.75) is 19.3 Å². The van der Waals surface area contributed by atoms with E-state index in [0.29, 0.717) is 50.6 Å². The summed E-state index contributed by atoms with van der Waals surface area (Å²) in [6.07, 6.45) is 4.30. The Balaban J connectivity index is 0.901. The van der Waals surface area contributed by atoms with Gasteiger partial charge in [0.05, 0.1) is 30.1 Å². The van der Waals surface area contributed by atoms with Crippen LogP contribution in [0.4, 0.5) is 5.69 Å². The molecule has 51 heavy (non-hydrogen) atoms. The van der Waals surface area contributed by atoms with Crippen LogP contribution in [0.25, 0.3) is 39.2 Å². The molecule has 1 spiro atoms. The van der Waals surface area contributed by atoms with Crippen molar-refractivity contribution in [2.24, 2.45) is 12.5 Å². The minimum atomic E-state index is -0.506. The van der Waals surface area contributed by atoms with E-state index in [1.54, 1.807) is 19.2 Å². The average Bonchev–Trinajstić information content (AvgIpc) is 3.94. The van der Waals surface area contributed by atoms with Crippen molar-refractivity contribution < 1.29 is 18.7 Å². The Morgan fingerprint density at radius 1 is 1.02 bits per heavy atom. The quantitative estimate of drug-likeness (QED) is 0.266. The summed E-state index contributed by atoms with van der Waals surface area (Å²) in [4.78, 5) is 45.0. The molecular formula is C38H36N8O5. The molecule has 1 unspecified atom stereocenters. The number of carbonyl (C=O) groups excluding carboxylic acids is 2. The topological polar surface area (TPSA) is 154 Å². The SMILES string of the molecule is COc1cc(-c2n[nH]c3ccc(N4CCC5(CCN(CC(=O)N6CC=C(c7ccc(-c8nn(C)c(=O)o8)cc7)CC6)C5)C4=O)cc23)ccc1C#N. The zero-order valence-corrected chi connectivity index (χ0v) is 28.4. The van der Waals surface area contributed by atoms with E-state index < -0.39 is 11.2 Å². The maximum absolute atomic E-state index is 14.0.